The molecule has 1 aliphatic rings. The topological polar surface area (TPSA) is 71.3 Å². The SMILES string of the molecule is CC(C)Cn1nc(C(=O)N2CCN(c3ccncc3)CC2)c2ccccc2c1=O. The highest BCUT2D eigenvalue weighted by atomic mass is 16.2. The van der Waals surface area contributed by atoms with Crippen LogP contribution in [0.3, 0.4) is 0 Å². The van der Waals surface area contributed by atoms with Crippen molar-refractivity contribution in [3.8, 4) is 0 Å². The zero-order valence-electron chi connectivity index (χ0n) is 16.8. The van der Waals surface area contributed by atoms with Crippen molar-refractivity contribution in [1.29, 1.82) is 0 Å². The molecule has 4 rings (SSSR count). The van der Waals surface area contributed by atoms with Crippen molar-refractivity contribution in [2.45, 2.75) is 20.4 Å². The van der Waals surface area contributed by atoms with E-state index in [1.165, 1.54) is 4.68 Å². The van der Waals surface area contributed by atoms with Crippen molar-refractivity contribution >= 4 is 22.4 Å². The van der Waals surface area contributed by atoms with Gasteiger partial charge in [0.1, 0.15) is 0 Å². The number of rotatable bonds is 4. The number of fused-ring (bicyclic) bond motifs is 1. The van der Waals surface area contributed by atoms with Crippen LogP contribution >= 0.6 is 0 Å². The molecule has 0 unspecified atom stereocenters. The number of aromatic nitrogens is 3. The summed E-state index contributed by atoms with van der Waals surface area (Å²) in [6.07, 6.45) is 3.56. The number of pyridine rings is 1. The van der Waals surface area contributed by atoms with Gasteiger partial charge in [0.2, 0.25) is 0 Å². The molecule has 0 atom stereocenters. The molecular weight excluding hydrogens is 366 g/mol. The predicted molar refractivity (Wildman–Crippen MR) is 113 cm³/mol. The van der Waals surface area contributed by atoms with Crippen LogP contribution in [0.4, 0.5) is 5.69 Å². The number of hydrogen-bond donors (Lipinski definition) is 0. The van der Waals surface area contributed by atoms with Crippen LogP contribution in [0.1, 0.15) is 24.3 Å². The summed E-state index contributed by atoms with van der Waals surface area (Å²) in [6.45, 7) is 7.27. The molecule has 1 fully saturated rings. The molecule has 0 saturated carbocycles. The van der Waals surface area contributed by atoms with Gasteiger partial charge in [-0.25, -0.2) is 4.68 Å². The summed E-state index contributed by atoms with van der Waals surface area (Å²) in [5.74, 6) is 0.140. The Labute approximate surface area is 169 Å². The van der Waals surface area contributed by atoms with Crippen LogP contribution in [-0.2, 0) is 6.54 Å². The van der Waals surface area contributed by atoms with Crippen molar-refractivity contribution in [3.63, 3.8) is 0 Å². The van der Waals surface area contributed by atoms with Crippen LogP contribution in [0, 0.1) is 5.92 Å². The zero-order chi connectivity index (χ0) is 20.4. The van der Waals surface area contributed by atoms with Crippen LogP contribution < -0.4 is 10.5 Å². The van der Waals surface area contributed by atoms with Gasteiger partial charge in [0.05, 0.1) is 5.39 Å². The number of carbonyl (C=O) groups is 1. The van der Waals surface area contributed by atoms with Gasteiger partial charge in [0, 0.05) is 56.2 Å². The summed E-state index contributed by atoms with van der Waals surface area (Å²) in [5.41, 5.74) is 1.33. The number of carbonyl (C=O) groups excluding carboxylic acids is 1. The molecule has 1 saturated heterocycles. The van der Waals surface area contributed by atoms with Gasteiger partial charge in [-0.3, -0.25) is 14.6 Å². The highest BCUT2D eigenvalue weighted by Crippen LogP contribution is 2.19. The number of amides is 1. The van der Waals surface area contributed by atoms with E-state index in [2.05, 4.69) is 15.0 Å². The van der Waals surface area contributed by atoms with Gasteiger partial charge in [-0.2, -0.15) is 5.10 Å². The Bertz CT molecular complexity index is 1070. The largest absolute Gasteiger partial charge is 0.368 e. The normalized spacial score (nSPS) is 14.6. The molecule has 3 aromatic rings. The van der Waals surface area contributed by atoms with E-state index in [0.717, 1.165) is 18.8 Å². The molecule has 1 aromatic carbocycles. The van der Waals surface area contributed by atoms with Crippen molar-refractivity contribution in [2.75, 3.05) is 31.1 Å². The first-order valence-corrected chi connectivity index (χ1v) is 9.98. The Balaban J connectivity index is 1.62. The second kappa shape index (κ2) is 8.03. The summed E-state index contributed by atoms with van der Waals surface area (Å²) in [5, 5.41) is 5.65. The van der Waals surface area contributed by atoms with Crippen molar-refractivity contribution in [2.24, 2.45) is 5.92 Å². The first kappa shape index (κ1) is 19.1. The lowest BCUT2D eigenvalue weighted by atomic mass is 10.1. The van der Waals surface area contributed by atoms with E-state index in [0.29, 0.717) is 36.1 Å². The van der Waals surface area contributed by atoms with Crippen LogP contribution in [0.2, 0.25) is 0 Å². The lowest BCUT2D eigenvalue weighted by molar-refractivity contribution is 0.0740. The average Bonchev–Trinajstić information content (AvgIpc) is 2.76. The lowest BCUT2D eigenvalue weighted by Crippen LogP contribution is -2.49. The van der Waals surface area contributed by atoms with Crippen molar-refractivity contribution in [3.05, 3.63) is 64.8 Å². The monoisotopic (exact) mass is 391 g/mol. The van der Waals surface area contributed by atoms with E-state index in [-0.39, 0.29) is 17.4 Å². The fourth-order valence-corrected chi connectivity index (χ4v) is 3.74. The van der Waals surface area contributed by atoms with Crippen molar-refractivity contribution in [1.82, 2.24) is 19.7 Å². The van der Waals surface area contributed by atoms with Crippen LogP contribution in [0.25, 0.3) is 10.8 Å². The fourth-order valence-electron chi connectivity index (χ4n) is 3.74. The molecule has 0 bridgehead atoms. The maximum absolute atomic E-state index is 13.3. The minimum Gasteiger partial charge on any atom is -0.368 e. The summed E-state index contributed by atoms with van der Waals surface area (Å²) < 4.78 is 1.44. The van der Waals surface area contributed by atoms with Gasteiger partial charge >= 0.3 is 0 Å². The minimum absolute atomic E-state index is 0.118. The molecule has 0 spiro atoms. The third-order valence-corrected chi connectivity index (χ3v) is 5.20. The fraction of sp³-hybridized carbons (Fsp3) is 0.364. The van der Waals surface area contributed by atoms with Gasteiger partial charge in [0.25, 0.3) is 11.5 Å². The van der Waals surface area contributed by atoms with E-state index in [1.54, 1.807) is 18.5 Å². The molecule has 150 valence electrons. The molecule has 7 nitrogen and oxygen atoms in total. The van der Waals surface area contributed by atoms with Crippen LogP contribution in [-0.4, -0.2) is 51.8 Å². The molecule has 1 aliphatic heterocycles. The quantitative estimate of drug-likeness (QED) is 0.683. The van der Waals surface area contributed by atoms with E-state index in [4.69, 9.17) is 0 Å². The Kier molecular flexibility index (Phi) is 5.29. The summed E-state index contributed by atoms with van der Waals surface area (Å²) in [7, 11) is 0. The Morgan fingerprint density at radius 3 is 2.31 bits per heavy atom. The third-order valence-electron chi connectivity index (χ3n) is 5.20. The first-order valence-electron chi connectivity index (χ1n) is 9.98. The smallest absolute Gasteiger partial charge is 0.275 e. The highest BCUT2D eigenvalue weighted by Gasteiger charge is 2.26. The van der Waals surface area contributed by atoms with E-state index in [9.17, 15) is 9.59 Å². The maximum Gasteiger partial charge on any atom is 0.275 e. The molecule has 7 heteroatoms. The number of benzene rings is 1. The Morgan fingerprint density at radius 2 is 1.66 bits per heavy atom. The highest BCUT2D eigenvalue weighted by molar-refractivity contribution is 6.04. The standard InChI is InChI=1S/C22H25N5O2/c1-16(2)15-27-21(28)19-6-4-3-5-18(19)20(24-27)22(29)26-13-11-25(12-14-26)17-7-9-23-10-8-17/h3-10,16H,11-15H2,1-2H3. The molecule has 1 amide bonds. The number of hydrogen-bond acceptors (Lipinski definition) is 5. The minimum atomic E-state index is -0.145. The average molecular weight is 391 g/mol. The van der Waals surface area contributed by atoms with Crippen molar-refractivity contribution < 1.29 is 4.79 Å². The zero-order valence-corrected chi connectivity index (χ0v) is 16.8. The molecule has 0 radical (unpaired) electrons. The van der Waals surface area contributed by atoms with Crippen LogP contribution in [0.15, 0.2) is 53.6 Å². The van der Waals surface area contributed by atoms with Gasteiger partial charge in [-0.15, -0.1) is 0 Å². The summed E-state index contributed by atoms with van der Waals surface area (Å²) >= 11 is 0. The Hall–Kier alpha value is -3.22. The lowest BCUT2D eigenvalue weighted by Gasteiger charge is -2.36. The molecule has 0 N–H and O–H groups in total. The van der Waals surface area contributed by atoms with Gasteiger partial charge in [0.15, 0.2) is 5.69 Å². The maximum atomic E-state index is 13.3. The summed E-state index contributed by atoms with van der Waals surface area (Å²) in [4.78, 5) is 34.2. The second-order valence-electron chi connectivity index (χ2n) is 7.76. The molecule has 0 aliphatic carbocycles. The first-order chi connectivity index (χ1) is 14.0. The molecular formula is C22H25N5O2. The second-order valence-corrected chi connectivity index (χ2v) is 7.76. The molecule has 3 heterocycles. The predicted octanol–water partition coefficient (Wildman–Crippen LogP) is 2.41. The Morgan fingerprint density at radius 1 is 1.00 bits per heavy atom. The van der Waals surface area contributed by atoms with E-state index >= 15 is 0 Å². The summed E-state index contributed by atoms with van der Waals surface area (Å²) in [6, 6.07) is 11.2. The number of anilines is 1. The molecule has 2 aromatic heterocycles. The number of nitrogens with zero attached hydrogens (tertiary/aromatic N) is 5. The van der Waals surface area contributed by atoms with Gasteiger partial charge in [-0.1, -0.05) is 32.0 Å². The van der Waals surface area contributed by atoms with E-state index in [1.807, 2.05) is 49.1 Å². The third kappa shape index (κ3) is 3.85. The van der Waals surface area contributed by atoms with Gasteiger partial charge in [-0.05, 0) is 24.1 Å². The molecule has 29 heavy (non-hydrogen) atoms. The van der Waals surface area contributed by atoms with E-state index < -0.39 is 0 Å². The number of piperazine rings is 1. The van der Waals surface area contributed by atoms with Gasteiger partial charge < -0.3 is 9.80 Å². The van der Waals surface area contributed by atoms with Crippen LogP contribution in [0.5, 0.6) is 0 Å².